The van der Waals surface area contributed by atoms with E-state index in [9.17, 15) is 0 Å². The fourth-order valence-electron chi connectivity index (χ4n) is 1.97. The van der Waals surface area contributed by atoms with Gasteiger partial charge in [-0.1, -0.05) is 13.8 Å². The third kappa shape index (κ3) is 1.79. The highest BCUT2D eigenvalue weighted by Crippen LogP contribution is 2.25. The average Bonchev–Trinajstić information content (AvgIpc) is 2.67. The summed E-state index contributed by atoms with van der Waals surface area (Å²) in [6.07, 6.45) is 0. The number of nitriles is 1. The number of nitrogens with two attached hydrogens (primary N) is 1. The van der Waals surface area contributed by atoms with Crippen LogP contribution >= 0.6 is 0 Å². The highest BCUT2D eigenvalue weighted by atomic mass is 15.1. The molecular formula is C13H16N4. The number of benzene rings is 1. The molecule has 1 heterocycles. The van der Waals surface area contributed by atoms with Gasteiger partial charge in [0.15, 0.2) is 0 Å². The third-order valence-corrected chi connectivity index (χ3v) is 3.13. The molecule has 0 fully saturated rings. The highest BCUT2D eigenvalue weighted by molar-refractivity contribution is 5.77. The van der Waals surface area contributed by atoms with Gasteiger partial charge in [-0.05, 0) is 18.2 Å². The Kier molecular flexibility index (Phi) is 2.64. The summed E-state index contributed by atoms with van der Waals surface area (Å²) < 4.78 is 2.04. The van der Waals surface area contributed by atoms with Crippen LogP contribution in [0.4, 0.5) is 0 Å². The number of hydrogen-bond acceptors (Lipinski definition) is 3. The molecule has 0 unspecified atom stereocenters. The standard InChI is InChI=1S/C13H16N4/c1-13(2,8-15)12-16-10-6-9(7-14)4-5-11(10)17(12)3/h4-6H,8,15H2,1-3H3. The number of nitrogens with zero attached hydrogens (tertiary/aromatic N) is 3. The van der Waals surface area contributed by atoms with Crippen molar-refractivity contribution in [2.75, 3.05) is 6.54 Å². The minimum Gasteiger partial charge on any atom is -0.331 e. The van der Waals surface area contributed by atoms with E-state index in [0.29, 0.717) is 12.1 Å². The van der Waals surface area contributed by atoms with Gasteiger partial charge in [0.1, 0.15) is 5.82 Å². The summed E-state index contributed by atoms with van der Waals surface area (Å²) in [5.41, 5.74) is 8.12. The van der Waals surface area contributed by atoms with E-state index in [2.05, 4.69) is 24.9 Å². The molecular weight excluding hydrogens is 212 g/mol. The van der Waals surface area contributed by atoms with Crippen LogP contribution in [-0.4, -0.2) is 16.1 Å². The summed E-state index contributed by atoms with van der Waals surface area (Å²) >= 11 is 0. The Hall–Kier alpha value is -1.86. The number of rotatable bonds is 2. The van der Waals surface area contributed by atoms with E-state index in [0.717, 1.165) is 16.9 Å². The van der Waals surface area contributed by atoms with Crippen LogP contribution in [0.25, 0.3) is 11.0 Å². The molecule has 0 bridgehead atoms. The predicted molar refractivity (Wildman–Crippen MR) is 67.5 cm³/mol. The van der Waals surface area contributed by atoms with Crippen LogP contribution in [0.15, 0.2) is 18.2 Å². The SMILES string of the molecule is Cn1c(C(C)(C)CN)nc2cc(C#N)ccc21. The Morgan fingerprint density at radius 3 is 2.76 bits per heavy atom. The molecule has 17 heavy (non-hydrogen) atoms. The van der Waals surface area contributed by atoms with Crippen molar-refractivity contribution in [3.05, 3.63) is 29.6 Å². The molecule has 2 N–H and O–H groups in total. The maximum absolute atomic E-state index is 8.87. The summed E-state index contributed by atoms with van der Waals surface area (Å²) in [4.78, 5) is 4.60. The Labute approximate surface area is 101 Å². The maximum Gasteiger partial charge on any atom is 0.116 e. The normalized spacial score (nSPS) is 11.7. The van der Waals surface area contributed by atoms with Gasteiger partial charge in [-0.15, -0.1) is 0 Å². The molecule has 1 aromatic heterocycles. The van der Waals surface area contributed by atoms with Crippen LogP contribution < -0.4 is 5.73 Å². The molecule has 0 radical (unpaired) electrons. The zero-order valence-corrected chi connectivity index (χ0v) is 10.4. The fraction of sp³-hybridized carbons (Fsp3) is 0.385. The van der Waals surface area contributed by atoms with Crippen molar-refractivity contribution in [3.8, 4) is 6.07 Å². The van der Waals surface area contributed by atoms with Gasteiger partial charge in [0.05, 0.1) is 22.7 Å². The van der Waals surface area contributed by atoms with Gasteiger partial charge < -0.3 is 10.3 Å². The van der Waals surface area contributed by atoms with Gasteiger partial charge in [-0.2, -0.15) is 5.26 Å². The minimum absolute atomic E-state index is 0.166. The second-order valence-electron chi connectivity index (χ2n) is 4.90. The van der Waals surface area contributed by atoms with Gasteiger partial charge in [0.25, 0.3) is 0 Å². The molecule has 0 saturated heterocycles. The molecule has 4 heteroatoms. The van der Waals surface area contributed by atoms with Crippen molar-refractivity contribution >= 4 is 11.0 Å². The Balaban J connectivity index is 2.69. The molecule has 1 aromatic carbocycles. The first kappa shape index (κ1) is 11.6. The van der Waals surface area contributed by atoms with E-state index in [1.54, 1.807) is 0 Å². The van der Waals surface area contributed by atoms with Crippen LogP contribution in [0.3, 0.4) is 0 Å². The monoisotopic (exact) mass is 228 g/mol. The predicted octanol–water partition coefficient (Wildman–Crippen LogP) is 1.68. The summed E-state index contributed by atoms with van der Waals surface area (Å²) in [5.74, 6) is 0.949. The van der Waals surface area contributed by atoms with Crippen LogP contribution in [0.2, 0.25) is 0 Å². The van der Waals surface area contributed by atoms with Crippen molar-refractivity contribution in [1.29, 1.82) is 5.26 Å². The summed E-state index contributed by atoms with van der Waals surface area (Å²) in [5, 5.41) is 8.87. The minimum atomic E-state index is -0.166. The second-order valence-corrected chi connectivity index (χ2v) is 4.90. The molecule has 0 aliphatic heterocycles. The van der Waals surface area contributed by atoms with Gasteiger partial charge in [-0.3, -0.25) is 0 Å². The van der Waals surface area contributed by atoms with E-state index in [1.165, 1.54) is 0 Å². The lowest BCUT2D eigenvalue weighted by atomic mass is 9.93. The lowest BCUT2D eigenvalue weighted by molar-refractivity contribution is 0.487. The molecule has 0 amide bonds. The van der Waals surface area contributed by atoms with Crippen molar-refractivity contribution in [3.63, 3.8) is 0 Å². The van der Waals surface area contributed by atoms with E-state index >= 15 is 0 Å². The van der Waals surface area contributed by atoms with Crippen LogP contribution in [0.1, 0.15) is 25.2 Å². The summed E-state index contributed by atoms with van der Waals surface area (Å²) in [7, 11) is 1.98. The number of fused-ring (bicyclic) bond motifs is 1. The van der Waals surface area contributed by atoms with Crippen molar-refractivity contribution in [2.45, 2.75) is 19.3 Å². The molecule has 88 valence electrons. The van der Waals surface area contributed by atoms with E-state index in [1.807, 2.05) is 29.8 Å². The highest BCUT2D eigenvalue weighted by Gasteiger charge is 2.24. The summed E-state index contributed by atoms with van der Waals surface area (Å²) in [6, 6.07) is 7.67. The quantitative estimate of drug-likeness (QED) is 0.850. The Bertz CT molecular complexity index is 602. The van der Waals surface area contributed by atoms with E-state index in [4.69, 9.17) is 11.0 Å². The lowest BCUT2D eigenvalue weighted by Gasteiger charge is -2.21. The second kappa shape index (κ2) is 3.86. The van der Waals surface area contributed by atoms with Gasteiger partial charge in [-0.25, -0.2) is 4.98 Å². The Morgan fingerprint density at radius 1 is 1.47 bits per heavy atom. The number of hydrogen-bond donors (Lipinski definition) is 1. The lowest BCUT2D eigenvalue weighted by Crippen LogP contribution is -2.31. The molecule has 4 nitrogen and oxygen atoms in total. The molecule has 0 aliphatic carbocycles. The van der Waals surface area contributed by atoms with Gasteiger partial charge in [0.2, 0.25) is 0 Å². The molecule has 0 atom stereocenters. The number of aryl methyl sites for hydroxylation is 1. The number of imidazole rings is 1. The first-order valence-corrected chi connectivity index (χ1v) is 5.57. The molecule has 0 saturated carbocycles. The molecule has 0 spiro atoms. The van der Waals surface area contributed by atoms with Crippen LogP contribution in [0, 0.1) is 11.3 Å². The van der Waals surface area contributed by atoms with Crippen LogP contribution in [-0.2, 0) is 12.5 Å². The molecule has 2 rings (SSSR count). The number of aromatic nitrogens is 2. The zero-order chi connectivity index (χ0) is 12.6. The first-order valence-electron chi connectivity index (χ1n) is 5.57. The van der Waals surface area contributed by atoms with E-state index in [-0.39, 0.29) is 5.41 Å². The zero-order valence-electron chi connectivity index (χ0n) is 10.4. The van der Waals surface area contributed by atoms with Gasteiger partial charge in [0, 0.05) is 19.0 Å². The fourth-order valence-corrected chi connectivity index (χ4v) is 1.97. The topological polar surface area (TPSA) is 67.6 Å². The van der Waals surface area contributed by atoms with Crippen molar-refractivity contribution < 1.29 is 0 Å². The van der Waals surface area contributed by atoms with Crippen LogP contribution in [0.5, 0.6) is 0 Å². The first-order chi connectivity index (χ1) is 7.99. The third-order valence-electron chi connectivity index (χ3n) is 3.13. The molecule has 0 aliphatic rings. The smallest absolute Gasteiger partial charge is 0.116 e. The molecule has 2 aromatic rings. The average molecular weight is 228 g/mol. The van der Waals surface area contributed by atoms with Gasteiger partial charge >= 0.3 is 0 Å². The van der Waals surface area contributed by atoms with Crippen molar-refractivity contribution in [2.24, 2.45) is 12.8 Å². The van der Waals surface area contributed by atoms with E-state index < -0.39 is 0 Å². The Morgan fingerprint density at radius 2 is 2.18 bits per heavy atom. The van der Waals surface area contributed by atoms with Crippen molar-refractivity contribution in [1.82, 2.24) is 9.55 Å². The summed E-state index contributed by atoms with van der Waals surface area (Å²) in [6.45, 7) is 4.67. The maximum atomic E-state index is 8.87. The largest absolute Gasteiger partial charge is 0.331 e.